The van der Waals surface area contributed by atoms with E-state index >= 15 is 0 Å². The zero-order valence-corrected chi connectivity index (χ0v) is 11.5. The molecule has 0 fully saturated rings. The van der Waals surface area contributed by atoms with Crippen molar-refractivity contribution in [3.63, 3.8) is 0 Å². The highest BCUT2D eigenvalue weighted by molar-refractivity contribution is 6.00. The van der Waals surface area contributed by atoms with Crippen molar-refractivity contribution in [2.24, 2.45) is 0 Å². The second-order valence-electron chi connectivity index (χ2n) is 4.48. The Kier molecular flexibility index (Phi) is 4.66. The van der Waals surface area contributed by atoms with Crippen LogP contribution in [0.25, 0.3) is 0 Å². The topological polar surface area (TPSA) is 49.4 Å². The van der Waals surface area contributed by atoms with E-state index < -0.39 is 11.7 Å². The van der Waals surface area contributed by atoms with Gasteiger partial charge >= 0.3 is 0 Å². The lowest BCUT2D eigenvalue weighted by atomic mass is 10.2. The number of benzene rings is 2. The Morgan fingerprint density at radius 2 is 1.81 bits per heavy atom. The van der Waals surface area contributed by atoms with E-state index in [1.54, 1.807) is 19.2 Å². The third-order valence-corrected chi connectivity index (χ3v) is 3.00. The maximum atomic E-state index is 13.0. The molecule has 21 heavy (non-hydrogen) atoms. The Bertz CT molecular complexity index is 644. The van der Waals surface area contributed by atoms with Crippen LogP contribution in [0, 0.1) is 5.82 Å². The maximum absolute atomic E-state index is 13.0. The molecule has 0 saturated heterocycles. The normalized spacial score (nSPS) is 10.0. The summed E-state index contributed by atoms with van der Waals surface area (Å²) >= 11 is 0. The number of halogens is 1. The third-order valence-electron chi connectivity index (χ3n) is 3.00. The molecule has 0 atom stereocenters. The van der Waals surface area contributed by atoms with Gasteiger partial charge in [0.05, 0.1) is 6.54 Å². The van der Waals surface area contributed by atoms with Crippen LogP contribution in [0.5, 0.6) is 0 Å². The Labute approximate surface area is 122 Å². The quantitative estimate of drug-likeness (QED) is 0.937. The first kappa shape index (κ1) is 14.7. The van der Waals surface area contributed by atoms with E-state index in [4.69, 9.17) is 0 Å². The van der Waals surface area contributed by atoms with Gasteiger partial charge in [0.1, 0.15) is 5.82 Å². The van der Waals surface area contributed by atoms with Crippen molar-refractivity contribution >= 4 is 17.5 Å². The summed E-state index contributed by atoms with van der Waals surface area (Å²) in [6.45, 7) is -0.152. The molecule has 5 heteroatoms. The summed E-state index contributed by atoms with van der Waals surface area (Å²) in [6, 6.07) is 14.4. The van der Waals surface area contributed by atoms with E-state index in [1.807, 2.05) is 18.2 Å². The van der Waals surface area contributed by atoms with Crippen molar-refractivity contribution < 1.29 is 14.0 Å². The Morgan fingerprint density at radius 1 is 1.10 bits per heavy atom. The summed E-state index contributed by atoms with van der Waals surface area (Å²) in [5.74, 6) is -1.23. The third kappa shape index (κ3) is 3.89. The molecule has 2 rings (SSSR count). The first-order valence-electron chi connectivity index (χ1n) is 6.43. The summed E-state index contributed by atoms with van der Waals surface area (Å²) in [4.78, 5) is 25.2. The van der Waals surface area contributed by atoms with Gasteiger partial charge in [0.2, 0.25) is 5.91 Å². The minimum atomic E-state index is -0.490. The number of hydrogen-bond donors (Lipinski definition) is 1. The van der Waals surface area contributed by atoms with E-state index in [0.29, 0.717) is 0 Å². The summed E-state index contributed by atoms with van der Waals surface area (Å²) in [7, 11) is 1.63. The van der Waals surface area contributed by atoms with Crippen LogP contribution in [0.2, 0.25) is 0 Å². The van der Waals surface area contributed by atoms with Crippen LogP contribution in [-0.2, 0) is 4.79 Å². The number of nitrogens with one attached hydrogen (secondary N) is 1. The van der Waals surface area contributed by atoms with E-state index in [9.17, 15) is 14.0 Å². The van der Waals surface area contributed by atoms with E-state index in [-0.39, 0.29) is 18.0 Å². The Balaban J connectivity index is 1.93. The minimum Gasteiger partial charge on any atom is -0.343 e. The summed E-state index contributed by atoms with van der Waals surface area (Å²) in [5, 5.41) is 2.48. The lowest BCUT2D eigenvalue weighted by Crippen LogP contribution is -2.38. The lowest BCUT2D eigenvalue weighted by molar-refractivity contribution is -0.117. The molecule has 4 nitrogen and oxygen atoms in total. The number of nitrogens with zero attached hydrogens (tertiary/aromatic N) is 1. The van der Waals surface area contributed by atoms with E-state index in [0.717, 1.165) is 11.8 Å². The molecular formula is C16H15FN2O2. The second kappa shape index (κ2) is 6.65. The molecule has 0 aliphatic carbocycles. The molecule has 1 N–H and O–H groups in total. The van der Waals surface area contributed by atoms with Crippen molar-refractivity contribution in [1.29, 1.82) is 0 Å². The fraction of sp³-hybridized carbons (Fsp3) is 0.125. The van der Waals surface area contributed by atoms with Gasteiger partial charge in [-0.2, -0.15) is 0 Å². The van der Waals surface area contributed by atoms with E-state index in [1.165, 1.54) is 23.1 Å². The molecule has 2 aromatic carbocycles. The van der Waals surface area contributed by atoms with Gasteiger partial charge in [-0.25, -0.2) is 4.39 Å². The molecular weight excluding hydrogens is 271 g/mol. The average Bonchev–Trinajstić information content (AvgIpc) is 2.52. The Hall–Kier alpha value is -2.69. The van der Waals surface area contributed by atoms with Gasteiger partial charge in [-0.05, 0) is 30.3 Å². The minimum absolute atomic E-state index is 0.152. The zero-order chi connectivity index (χ0) is 15.2. The van der Waals surface area contributed by atoms with Gasteiger partial charge in [-0.15, -0.1) is 0 Å². The predicted octanol–water partition coefficient (Wildman–Crippen LogP) is 2.22. The van der Waals surface area contributed by atoms with Gasteiger partial charge in [-0.1, -0.05) is 24.3 Å². The molecule has 0 saturated carbocycles. The predicted molar refractivity (Wildman–Crippen MR) is 78.6 cm³/mol. The molecule has 2 aromatic rings. The summed E-state index contributed by atoms with van der Waals surface area (Å²) < 4.78 is 13.0. The molecule has 0 aliphatic rings. The number of carbonyl (C=O) groups is 2. The number of likely N-dealkylation sites (N-methyl/N-ethyl adjacent to an activating group) is 1. The number of anilines is 1. The van der Waals surface area contributed by atoms with Crippen LogP contribution < -0.4 is 10.2 Å². The van der Waals surface area contributed by atoms with Gasteiger partial charge in [0, 0.05) is 18.3 Å². The average molecular weight is 286 g/mol. The van der Waals surface area contributed by atoms with Crippen LogP contribution in [-0.4, -0.2) is 25.4 Å². The molecule has 0 aromatic heterocycles. The number of hydrogen-bond acceptors (Lipinski definition) is 2. The molecule has 0 bridgehead atoms. The summed E-state index contributed by atoms with van der Waals surface area (Å²) in [6.07, 6.45) is 0. The lowest BCUT2D eigenvalue weighted by Gasteiger charge is -2.17. The number of para-hydroxylation sites is 1. The van der Waals surface area contributed by atoms with Crippen LogP contribution in [0.4, 0.5) is 10.1 Å². The largest absolute Gasteiger partial charge is 0.343 e. The first-order valence-corrected chi connectivity index (χ1v) is 6.43. The van der Waals surface area contributed by atoms with Crippen LogP contribution >= 0.6 is 0 Å². The van der Waals surface area contributed by atoms with Crippen molar-refractivity contribution in [2.75, 3.05) is 18.5 Å². The van der Waals surface area contributed by atoms with E-state index in [2.05, 4.69) is 5.32 Å². The van der Waals surface area contributed by atoms with Gasteiger partial charge < -0.3 is 10.2 Å². The molecule has 0 aliphatic heterocycles. The standard InChI is InChI=1S/C16H15FN2O2/c1-19(14-8-3-2-4-9-14)15(20)11-18-16(21)12-6-5-7-13(17)10-12/h2-10H,11H2,1H3,(H,18,21). The van der Waals surface area contributed by atoms with Crippen LogP contribution in [0.1, 0.15) is 10.4 Å². The van der Waals surface area contributed by atoms with Crippen molar-refractivity contribution in [2.45, 2.75) is 0 Å². The number of carbonyl (C=O) groups excluding carboxylic acids is 2. The second-order valence-corrected chi connectivity index (χ2v) is 4.48. The van der Waals surface area contributed by atoms with Crippen molar-refractivity contribution in [1.82, 2.24) is 5.32 Å². The molecule has 108 valence electrons. The van der Waals surface area contributed by atoms with Crippen molar-refractivity contribution in [3.05, 3.63) is 66.0 Å². The number of amides is 2. The highest BCUT2D eigenvalue weighted by Crippen LogP contribution is 2.10. The maximum Gasteiger partial charge on any atom is 0.251 e. The molecule has 0 heterocycles. The highest BCUT2D eigenvalue weighted by Gasteiger charge is 2.13. The SMILES string of the molecule is CN(C(=O)CNC(=O)c1cccc(F)c1)c1ccccc1. The summed E-state index contributed by atoms with van der Waals surface area (Å²) in [5.41, 5.74) is 0.924. The molecule has 0 unspecified atom stereocenters. The Morgan fingerprint density at radius 3 is 2.48 bits per heavy atom. The van der Waals surface area contributed by atoms with Crippen molar-refractivity contribution in [3.8, 4) is 0 Å². The fourth-order valence-electron chi connectivity index (χ4n) is 1.80. The molecule has 0 radical (unpaired) electrons. The van der Waals surface area contributed by atoms with Crippen LogP contribution in [0.3, 0.4) is 0 Å². The van der Waals surface area contributed by atoms with Gasteiger partial charge in [-0.3, -0.25) is 9.59 Å². The smallest absolute Gasteiger partial charge is 0.251 e. The molecule has 0 spiro atoms. The van der Waals surface area contributed by atoms with Crippen LogP contribution in [0.15, 0.2) is 54.6 Å². The fourth-order valence-corrected chi connectivity index (χ4v) is 1.80. The number of rotatable bonds is 4. The highest BCUT2D eigenvalue weighted by atomic mass is 19.1. The monoisotopic (exact) mass is 286 g/mol. The molecule has 2 amide bonds. The zero-order valence-electron chi connectivity index (χ0n) is 11.5. The van der Waals surface area contributed by atoms with Gasteiger partial charge in [0.15, 0.2) is 0 Å². The first-order chi connectivity index (χ1) is 10.1. The van der Waals surface area contributed by atoms with Gasteiger partial charge in [0.25, 0.3) is 5.91 Å².